The molecule has 1 aliphatic rings. The lowest BCUT2D eigenvalue weighted by atomic mass is 9.97. The van der Waals surface area contributed by atoms with Crippen molar-refractivity contribution in [1.29, 1.82) is 0 Å². The number of nitrogens with two attached hydrogens (primary N) is 1. The summed E-state index contributed by atoms with van der Waals surface area (Å²) in [6.07, 6.45) is 1.96. The molecule has 0 atom stereocenters. The van der Waals surface area contributed by atoms with Crippen molar-refractivity contribution < 1.29 is 4.79 Å². The van der Waals surface area contributed by atoms with Crippen LogP contribution in [0, 0.1) is 0 Å². The minimum Gasteiger partial charge on any atom is -0.342 e. The molecule has 0 bridgehead atoms. The van der Waals surface area contributed by atoms with Crippen molar-refractivity contribution in [2.45, 2.75) is 25.9 Å². The van der Waals surface area contributed by atoms with Gasteiger partial charge in [-0.15, -0.1) is 0 Å². The molecule has 1 amide bonds. The van der Waals surface area contributed by atoms with E-state index in [1.165, 1.54) is 0 Å². The molecule has 2 N–H and O–H groups in total. The number of anilines is 1. The van der Waals surface area contributed by atoms with Crippen LogP contribution in [0.1, 0.15) is 19.5 Å². The fraction of sp³-hybridized carbons (Fsp3) is 0.467. The van der Waals surface area contributed by atoms with Crippen LogP contribution in [0.3, 0.4) is 0 Å². The van der Waals surface area contributed by atoms with E-state index in [0.717, 1.165) is 23.7 Å². The zero-order chi connectivity index (χ0) is 15.2. The SMILES string of the molecule is CN1CCN(c2nc3ccccn3c2CN)C(C)(C)C1=O. The van der Waals surface area contributed by atoms with Crippen molar-refractivity contribution >= 4 is 17.4 Å². The quantitative estimate of drug-likeness (QED) is 0.889. The Labute approximate surface area is 124 Å². The van der Waals surface area contributed by atoms with Crippen LogP contribution in [0.5, 0.6) is 0 Å². The lowest BCUT2D eigenvalue weighted by Crippen LogP contribution is -2.62. The molecule has 1 fully saturated rings. The smallest absolute Gasteiger partial charge is 0.247 e. The van der Waals surface area contributed by atoms with E-state index < -0.39 is 5.54 Å². The molecule has 0 radical (unpaired) electrons. The lowest BCUT2D eigenvalue weighted by molar-refractivity contribution is -0.136. The van der Waals surface area contributed by atoms with Crippen molar-refractivity contribution in [1.82, 2.24) is 14.3 Å². The molecule has 0 aliphatic carbocycles. The highest BCUT2D eigenvalue weighted by Gasteiger charge is 2.42. The average Bonchev–Trinajstić information content (AvgIpc) is 2.83. The van der Waals surface area contributed by atoms with Gasteiger partial charge in [-0.3, -0.25) is 4.79 Å². The Balaban J connectivity index is 2.14. The standard InChI is InChI=1S/C15H21N5O/c1-15(2)14(21)18(3)8-9-20(15)13-11(10-16)19-7-5-4-6-12(19)17-13/h4-7H,8-10,16H2,1-3H3. The summed E-state index contributed by atoms with van der Waals surface area (Å²) in [6, 6.07) is 5.86. The van der Waals surface area contributed by atoms with Crippen molar-refractivity contribution in [2.75, 3.05) is 25.0 Å². The Kier molecular flexibility index (Phi) is 3.13. The van der Waals surface area contributed by atoms with Gasteiger partial charge in [0.1, 0.15) is 11.2 Å². The molecule has 0 spiro atoms. The van der Waals surface area contributed by atoms with Gasteiger partial charge in [-0.25, -0.2) is 4.98 Å². The van der Waals surface area contributed by atoms with Crippen LogP contribution in [0.25, 0.3) is 5.65 Å². The van der Waals surface area contributed by atoms with Crippen LogP contribution < -0.4 is 10.6 Å². The van der Waals surface area contributed by atoms with Crippen LogP contribution in [0.4, 0.5) is 5.82 Å². The second kappa shape index (κ2) is 4.73. The third kappa shape index (κ3) is 1.98. The fourth-order valence-electron chi connectivity index (χ4n) is 3.02. The highest BCUT2D eigenvalue weighted by Crippen LogP contribution is 2.31. The van der Waals surface area contributed by atoms with Crippen LogP contribution in [-0.2, 0) is 11.3 Å². The number of piperazine rings is 1. The molecule has 1 aliphatic heterocycles. The molecule has 112 valence electrons. The first-order valence-corrected chi connectivity index (χ1v) is 7.16. The first-order chi connectivity index (χ1) is 9.96. The van der Waals surface area contributed by atoms with Gasteiger partial charge in [-0.1, -0.05) is 6.07 Å². The predicted octanol–water partition coefficient (Wildman–Crippen LogP) is 0.850. The molecule has 0 aromatic carbocycles. The number of amides is 1. The number of carbonyl (C=O) groups is 1. The van der Waals surface area contributed by atoms with Crippen LogP contribution in [0.15, 0.2) is 24.4 Å². The number of hydrogen-bond donors (Lipinski definition) is 1. The Morgan fingerprint density at radius 3 is 2.81 bits per heavy atom. The monoisotopic (exact) mass is 287 g/mol. The van der Waals surface area contributed by atoms with Crippen LogP contribution >= 0.6 is 0 Å². The van der Waals surface area contributed by atoms with E-state index in [4.69, 9.17) is 10.7 Å². The molecule has 6 nitrogen and oxygen atoms in total. The van der Waals surface area contributed by atoms with Gasteiger partial charge in [0.2, 0.25) is 5.91 Å². The fourth-order valence-corrected chi connectivity index (χ4v) is 3.02. The van der Waals surface area contributed by atoms with E-state index in [-0.39, 0.29) is 5.91 Å². The highest BCUT2D eigenvalue weighted by molar-refractivity contribution is 5.90. The molecule has 3 rings (SSSR count). The van der Waals surface area contributed by atoms with Crippen molar-refractivity contribution in [3.63, 3.8) is 0 Å². The summed E-state index contributed by atoms with van der Waals surface area (Å²) < 4.78 is 1.99. The van der Waals surface area contributed by atoms with Gasteiger partial charge < -0.3 is 19.9 Å². The van der Waals surface area contributed by atoms with E-state index in [1.54, 1.807) is 4.90 Å². The molecular weight excluding hydrogens is 266 g/mol. The van der Waals surface area contributed by atoms with Crippen molar-refractivity contribution in [3.05, 3.63) is 30.1 Å². The largest absolute Gasteiger partial charge is 0.342 e. The van der Waals surface area contributed by atoms with Crippen molar-refractivity contribution in [3.8, 4) is 0 Å². The minimum absolute atomic E-state index is 0.105. The number of fused-ring (bicyclic) bond motifs is 1. The topological polar surface area (TPSA) is 66.9 Å². The summed E-state index contributed by atoms with van der Waals surface area (Å²) in [6.45, 7) is 5.72. The first-order valence-electron chi connectivity index (χ1n) is 7.16. The Morgan fingerprint density at radius 1 is 1.33 bits per heavy atom. The number of imidazole rings is 1. The number of likely N-dealkylation sites (N-methyl/N-ethyl adjacent to an activating group) is 1. The Hall–Kier alpha value is -2.08. The van der Waals surface area contributed by atoms with E-state index >= 15 is 0 Å². The molecule has 2 aromatic heterocycles. The summed E-state index contributed by atoms with van der Waals surface area (Å²) in [7, 11) is 1.84. The molecule has 0 saturated carbocycles. The highest BCUT2D eigenvalue weighted by atomic mass is 16.2. The number of carbonyl (C=O) groups excluding carboxylic acids is 1. The van der Waals surface area contributed by atoms with E-state index in [2.05, 4.69) is 4.90 Å². The Morgan fingerprint density at radius 2 is 2.10 bits per heavy atom. The van der Waals surface area contributed by atoms with Gasteiger partial charge in [0.25, 0.3) is 0 Å². The van der Waals surface area contributed by atoms with E-state index in [0.29, 0.717) is 13.1 Å². The second-order valence-electron chi connectivity index (χ2n) is 5.95. The second-order valence-corrected chi connectivity index (χ2v) is 5.95. The lowest BCUT2D eigenvalue weighted by Gasteiger charge is -2.45. The molecule has 3 heterocycles. The van der Waals surface area contributed by atoms with Gasteiger partial charge in [0, 0.05) is 32.9 Å². The number of pyridine rings is 1. The van der Waals surface area contributed by atoms with Gasteiger partial charge >= 0.3 is 0 Å². The first kappa shape index (κ1) is 13.9. The van der Waals surface area contributed by atoms with Crippen molar-refractivity contribution in [2.24, 2.45) is 5.73 Å². The average molecular weight is 287 g/mol. The maximum absolute atomic E-state index is 12.5. The summed E-state index contributed by atoms with van der Waals surface area (Å²) in [5, 5.41) is 0. The van der Waals surface area contributed by atoms with Gasteiger partial charge in [0.15, 0.2) is 5.82 Å². The maximum atomic E-state index is 12.5. The Bertz CT molecular complexity index is 690. The third-order valence-electron chi connectivity index (χ3n) is 4.26. The van der Waals surface area contributed by atoms with Crippen LogP contribution in [-0.4, -0.2) is 45.9 Å². The van der Waals surface area contributed by atoms with Gasteiger partial charge in [0.05, 0.1) is 5.69 Å². The minimum atomic E-state index is -0.616. The number of rotatable bonds is 2. The summed E-state index contributed by atoms with van der Waals surface area (Å²) in [5.74, 6) is 0.920. The molecule has 2 aromatic rings. The molecule has 0 unspecified atom stereocenters. The zero-order valence-electron chi connectivity index (χ0n) is 12.7. The third-order valence-corrected chi connectivity index (χ3v) is 4.26. The van der Waals surface area contributed by atoms with Crippen LogP contribution in [0.2, 0.25) is 0 Å². The zero-order valence-corrected chi connectivity index (χ0v) is 12.7. The number of aromatic nitrogens is 2. The van der Waals surface area contributed by atoms with E-state index in [1.807, 2.05) is 49.7 Å². The number of hydrogen-bond acceptors (Lipinski definition) is 4. The van der Waals surface area contributed by atoms with E-state index in [9.17, 15) is 4.79 Å². The van der Waals surface area contributed by atoms with Gasteiger partial charge in [-0.05, 0) is 26.0 Å². The molecular formula is C15H21N5O. The summed E-state index contributed by atoms with van der Waals surface area (Å²) in [5.41, 5.74) is 7.12. The molecule has 1 saturated heterocycles. The maximum Gasteiger partial charge on any atom is 0.247 e. The normalized spacial score (nSPS) is 18.6. The molecule has 21 heavy (non-hydrogen) atoms. The summed E-state index contributed by atoms with van der Waals surface area (Å²) in [4.78, 5) is 21.0. The van der Waals surface area contributed by atoms with Gasteiger partial charge in [-0.2, -0.15) is 0 Å². The predicted molar refractivity (Wildman–Crippen MR) is 82.1 cm³/mol. The number of nitrogens with zero attached hydrogens (tertiary/aromatic N) is 4. The summed E-state index contributed by atoms with van der Waals surface area (Å²) >= 11 is 0. The molecule has 6 heteroatoms.